The quantitative estimate of drug-likeness (QED) is 0.399. The van der Waals surface area contributed by atoms with Crippen LogP contribution >= 0.6 is 0 Å². The Bertz CT molecular complexity index is 409. The van der Waals surface area contributed by atoms with Crippen molar-refractivity contribution in [2.45, 2.75) is 13.3 Å². The Morgan fingerprint density at radius 2 is 2.31 bits per heavy atom. The first-order chi connectivity index (χ1) is 7.59. The Labute approximate surface area is 91.5 Å². The fraction of sp³-hybridized carbons (Fsp3) is 0.333. The van der Waals surface area contributed by atoms with Crippen molar-refractivity contribution in [3.8, 4) is 0 Å². The van der Waals surface area contributed by atoms with Crippen LogP contribution in [0.5, 0.6) is 0 Å². The topological polar surface area (TPSA) is 91.0 Å². The van der Waals surface area contributed by atoms with Gasteiger partial charge in [0.1, 0.15) is 0 Å². The standard InChI is InChI=1S/C9H10N4O3/c1-7(14)11-10-5-2-6-13-9(16)4-3-8(15)12-13/h3-5H,2,6H2,1H3/p+1/b10-5+. The molecule has 0 unspecified atom stereocenters. The first-order valence-electron chi connectivity index (χ1n) is 4.63. The number of carbonyl (C=O) groups excluding carboxylic acids is 3. The minimum atomic E-state index is -0.460. The molecule has 0 fully saturated rings. The van der Waals surface area contributed by atoms with Crippen molar-refractivity contribution in [2.24, 2.45) is 10.2 Å². The summed E-state index contributed by atoms with van der Waals surface area (Å²) in [5.74, 6) is -1.07. The second-order valence-corrected chi connectivity index (χ2v) is 3.00. The van der Waals surface area contributed by atoms with Crippen molar-refractivity contribution in [3.05, 3.63) is 12.2 Å². The lowest BCUT2D eigenvalue weighted by atomic mass is 10.4. The van der Waals surface area contributed by atoms with Crippen LogP contribution in [0.15, 0.2) is 22.4 Å². The molecule has 84 valence electrons. The summed E-state index contributed by atoms with van der Waals surface area (Å²) < 4.78 is 1.06. The van der Waals surface area contributed by atoms with E-state index >= 15 is 0 Å². The van der Waals surface area contributed by atoms with E-state index in [2.05, 4.69) is 15.6 Å². The molecule has 1 aliphatic rings. The maximum atomic E-state index is 11.2. The monoisotopic (exact) mass is 223 g/mol. The van der Waals surface area contributed by atoms with Gasteiger partial charge in [-0.25, -0.2) is 10.2 Å². The largest absolute Gasteiger partial charge is 0.437 e. The molecule has 0 aliphatic carbocycles. The van der Waals surface area contributed by atoms with Crippen LogP contribution in [-0.2, 0) is 14.4 Å². The van der Waals surface area contributed by atoms with Crippen molar-refractivity contribution in [2.75, 3.05) is 6.54 Å². The van der Waals surface area contributed by atoms with Gasteiger partial charge in [-0.05, 0) is 4.70 Å². The normalized spacial score (nSPS) is 15.4. The fourth-order valence-corrected chi connectivity index (χ4v) is 0.972. The molecule has 16 heavy (non-hydrogen) atoms. The lowest BCUT2D eigenvalue weighted by molar-refractivity contribution is -0.504. The maximum Gasteiger partial charge on any atom is 0.437 e. The molecule has 0 spiro atoms. The molecule has 7 nitrogen and oxygen atoms in total. The zero-order valence-corrected chi connectivity index (χ0v) is 8.71. The highest BCUT2D eigenvalue weighted by atomic mass is 16.2. The summed E-state index contributed by atoms with van der Waals surface area (Å²) in [5.41, 5.74) is 2.22. The third-order valence-electron chi connectivity index (χ3n) is 1.63. The lowest BCUT2D eigenvalue weighted by Crippen LogP contribution is -2.23. The first-order valence-corrected chi connectivity index (χ1v) is 4.63. The van der Waals surface area contributed by atoms with Gasteiger partial charge in [0, 0.05) is 30.7 Å². The van der Waals surface area contributed by atoms with Gasteiger partial charge in [0.05, 0.1) is 6.08 Å². The number of nitrogens with zero attached hydrogens (tertiary/aromatic N) is 3. The fourth-order valence-electron chi connectivity index (χ4n) is 0.972. The first kappa shape index (κ1) is 11.9. The lowest BCUT2D eigenvalue weighted by Gasteiger charge is -1.95. The minimum absolute atomic E-state index is 0.248. The van der Waals surface area contributed by atoms with Gasteiger partial charge in [-0.2, -0.15) is 5.10 Å². The summed E-state index contributed by atoms with van der Waals surface area (Å²) in [6.45, 7) is 1.59. The summed E-state index contributed by atoms with van der Waals surface area (Å²) in [7, 11) is 0. The molecule has 1 aliphatic heterocycles. The van der Waals surface area contributed by atoms with Crippen LogP contribution in [0.1, 0.15) is 13.3 Å². The van der Waals surface area contributed by atoms with E-state index in [1.165, 1.54) is 19.2 Å². The van der Waals surface area contributed by atoms with Crippen LogP contribution < -0.4 is 5.43 Å². The number of azo groups is 2. The van der Waals surface area contributed by atoms with Gasteiger partial charge in [0.2, 0.25) is 5.91 Å². The average molecular weight is 223 g/mol. The zero-order chi connectivity index (χ0) is 12.0. The average Bonchev–Trinajstić information content (AvgIpc) is 2.22. The molecule has 3 amide bonds. The Hall–Kier alpha value is -2.18. The molecule has 0 radical (unpaired) electrons. The molecule has 0 bridgehead atoms. The van der Waals surface area contributed by atoms with E-state index in [4.69, 9.17) is 0 Å². The van der Waals surface area contributed by atoms with E-state index < -0.39 is 5.91 Å². The summed E-state index contributed by atoms with van der Waals surface area (Å²) in [6.07, 6.45) is 4.12. The number of amides is 3. The van der Waals surface area contributed by atoms with Gasteiger partial charge in [-0.1, -0.05) is 0 Å². The summed E-state index contributed by atoms with van der Waals surface area (Å²) in [4.78, 5) is 32.5. The molecule has 1 rings (SSSR count). The van der Waals surface area contributed by atoms with Crippen LogP contribution in [0.4, 0.5) is 0 Å². The minimum Gasteiger partial charge on any atom is -0.274 e. The number of carbonyl (C=O) groups is 3. The molecule has 0 atom stereocenters. The molecular formula is C9H11N4O3+. The van der Waals surface area contributed by atoms with Crippen molar-refractivity contribution in [1.82, 2.24) is 5.43 Å². The van der Waals surface area contributed by atoms with Gasteiger partial charge in [-0.3, -0.25) is 9.59 Å². The highest BCUT2D eigenvalue weighted by molar-refractivity contribution is 5.96. The van der Waals surface area contributed by atoms with Crippen molar-refractivity contribution in [1.29, 1.82) is 0 Å². The highest BCUT2D eigenvalue weighted by Crippen LogP contribution is 1.95. The molecule has 1 N–H and O–H groups in total. The zero-order valence-electron chi connectivity index (χ0n) is 8.71. The molecule has 0 aromatic heterocycles. The predicted molar refractivity (Wildman–Crippen MR) is 53.6 cm³/mol. The number of rotatable bonds is 4. The van der Waals surface area contributed by atoms with E-state index in [-0.39, 0.29) is 18.4 Å². The summed E-state index contributed by atoms with van der Waals surface area (Å²) in [5, 5.41) is 7.10. The van der Waals surface area contributed by atoms with Crippen LogP contribution in [0.3, 0.4) is 0 Å². The van der Waals surface area contributed by atoms with E-state index in [0.717, 1.165) is 10.8 Å². The van der Waals surface area contributed by atoms with Crippen molar-refractivity contribution >= 4 is 23.9 Å². The predicted octanol–water partition coefficient (Wildman–Crippen LogP) is -0.414. The smallest absolute Gasteiger partial charge is 0.274 e. The van der Waals surface area contributed by atoms with Gasteiger partial charge in [-0.15, -0.1) is 0 Å². The second kappa shape index (κ2) is 5.64. The van der Waals surface area contributed by atoms with Crippen molar-refractivity contribution in [3.63, 3.8) is 0 Å². The molecular weight excluding hydrogens is 212 g/mol. The molecule has 1 heterocycles. The van der Waals surface area contributed by atoms with E-state index in [1.807, 2.05) is 0 Å². The SMILES string of the molecule is CC(=O)N/N=C/CC[N+]1=NC(=O)C=CC1=O. The van der Waals surface area contributed by atoms with E-state index in [1.54, 1.807) is 0 Å². The summed E-state index contributed by atoms with van der Waals surface area (Å²) in [6, 6.07) is 0. The summed E-state index contributed by atoms with van der Waals surface area (Å²) >= 11 is 0. The van der Waals surface area contributed by atoms with E-state index in [0.29, 0.717) is 6.42 Å². The van der Waals surface area contributed by atoms with Gasteiger partial charge in [0.15, 0.2) is 6.54 Å². The number of hydrogen-bond acceptors (Lipinski definition) is 4. The maximum absolute atomic E-state index is 11.2. The molecule has 7 heteroatoms. The van der Waals surface area contributed by atoms with Crippen molar-refractivity contribution < 1.29 is 19.1 Å². The number of hydrazone groups is 1. The number of hydrogen-bond donors (Lipinski definition) is 1. The number of nitrogens with one attached hydrogen (secondary N) is 1. The molecule has 0 saturated carbocycles. The molecule has 0 aromatic carbocycles. The van der Waals surface area contributed by atoms with Crippen LogP contribution in [-0.4, -0.2) is 35.2 Å². The molecule has 0 saturated heterocycles. The van der Waals surface area contributed by atoms with Crippen LogP contribution in [0.25, 0.3) is 0 Å². The Morgan fingerprint density at radius 3 is 3.00 bits per heavy atom. The van der Waals surface area contributed by atoms with Crippen LogP contribution in [0.2, 0.25) is 0 Å². The van der Waals surface area contributed by atoms with Gasteiger partial charge >= 0.3 is 11.8 Å². The Kier molecular flexibility index (Phi) is 4.19. The van der Waals surface area contributed by atoms with Crippen LogP contribution in [0, 0.1) is 0 Å². The van der Waals surface area contributed by atoms with Gasteiger partial charge in [0.25, 0.3) is 0 Å². The second-order valence-electron chi connectivity index (χ2n) is 3.00. The highest BCUT2D eigenvalue weighted by Gasteiger charge is 2.22. The Morgan fingerprint density at radius 1 is 1.56 bits per heavy atom. The van der Waals surface area contributed by atoms with E-state index in [9.17, 15) is 14.4 Å². The molecule has 0 aromatic rings. The van der Waals surface area contributed by atoms with Gasteiger partial charge < -0.3 is 0 Å². The third kappa shape index (κ3) is 3.91. The third-order valence-corrected chi connectivity index (χ3v) is 1.63. The Balaban J connectivity index is 2.38.